The molecule has 0 heterocycles. The van der Waals surface area contributed by atoms with Gasteiger partial charge in [0.05, 0.1) is 6.61 Å². The Morgan fingerprint density at radius 3 is 1.84 bits per heavy atom. The van der Waals surface area contributed by atoms with Gasteiger partial charge in [-0.05, 0) is 19.3 Å². The molecule has 0 aromatic carbocycles. The summed E-state index contributed by atoms with van der Waals surface area (Å²) in [5.41, 5.74) is 0. The molecule has 5 nitrogen and oxygen atoms in total. The van der Waals surface area contributed by atoms with E-state index in [2.05, 4.69) is 11.1 Å². The third-order valence-electron chi connectivity index (χ3n) is 2.81. The van der Waals surface area contributed by atoms with Crippen LogP contribution in [0.15, 0.2) is 0 Å². The second-order valence-corrected chi connectivity index (χ2v) is 5.78. The van der Waals surface area contributed by atoms with Gasteiger partial charge in [-0.2, -0.15) is 8.42 Å². The monoisotopic (exact) mass is 296 g/mol. The zero-order valence-electron chi connectivity index (χ0n) is 12.0. The molecule has 0 radical (unpaired) electrons. The van der Waals surface area contributed by atoms with Crippen LogP contribution < -0.4 is 0 Å². The number of hydrogen-bond donors (Lipinski definition) is 1. The van der Waals surface area contributed by atoms with Gasteiger partial charge >= 0.3 is 10.4 Å². The summed E-state index contributed by atoms with van der Waals surface area (Å²) in [4.78, 5) is 0. The lowest BCUT2D eigenvalue weighted by atomic mass is 10.1. The van der Waals surface area contributed by atoms with E-state index in [-0.39, 0.29) is 6.61 Å². The fraction of sp³-hybridized carbons (Fsp3) is 1.00. The Hall–Kier alpha value is -0.170. The largest absolute Gasteiger partial charge is 0.397 e. The fourth-order valence-electron chi connectivity index (χ4n) is 1.73. The lowest BCUT2D eigenvalue weighted by Gasteiger charge is -2.04. The minimum atomic E-state index is -4.28. The first-order chi connectivity index (χ1) is 9.06. The van der Waals surface area contributed by atoms with Crippen molar-refractivity contribution < 1.29 is 21.9 Å². The minimum Gasteiger partial charge on any atom is -0.381 e. The van der Waals surface area contributed by atoms with Gasteiger partial charge in [-0.25, -0.2) is 4.18 Å². The molecule has 0 fully saturated rings. The molecule has 0 amide bonds. The highest BCUT2D eigenvalue weighted by Crippen LogP contribution is 2.07. The molecule has 0 bridgehead atoms. The third kappa shape index (κ3) is 17.8. The summed E-state index contributed by atoms with van der Waals surface area (Å²) >= 11 is 0. The Bertz CT molecular complexity index is 277. The molecule has 116 valence electrons. The van der Waals surface area contributed by atoms with Crippen LogP contribution >= 0.6 is 0 Å². The molecule has 0 aromatic rings. The highest BCUT2D eigenvalue weighted by Gasteiger charge is 2.02. The molecular weight excluding hydrogens is 268 g/mol. The molecule has 0 spiro atoms. The summed E-state index contributed by atoms with van der Waals surface area (Å²) in [5, 5.41) is 0. The Labute approximate surface area is 117 Å². The van der Waals surface area contributed by atoms with Crippen molar-refractivity contribution >= 4 is 10.4 Å². The molecule has 0 saturated heterocycles. The van der Waals surface area contributed by atoms with Gasteiger partial charge in [0.2, 0.25) is 0 Å². The minimum absolute atomic E-state index is 0.0135. The van der Waals surface area contributed by atoms with Gasteiger partial charge in [-0.3, -0.25) is 4.55 Å². The molecule has 0 rings (SSSR count). The second kappa shape index (κ2) is 12.8. The predicted octanol–water partition coefficient (Wildman–Crippen LogP) is 3.35. The van der Waals surface area contributed by atoms with Crippen molar-refractivity contribution in [3.8, 4) is 0 Å². The Balaban J connectivity index is 3.03. The molecule has 0 aliphatic carbocycles. The van der Waals surface area contributed by atoms with E-state index in [0.717, 1.165) is 19.4 Å². The Morgan fingerprint density at radius 1 is 0.789 bits per heavy atom. The maximum atomic E-state index is 10.2. The summed E-state index contributed by atoms with van der Waals surface area (Å²) < 4.78 is 38.4. The zero-order chi connectivity index (χ0) is 14.4. The van der Waals surface area contributed by atoms with Gasteiger partial charge < -0.3 is 4.74 Å². The van der Waals surface area contributed by atoms with E-state index in [0.29, 0.717) is 13.0 Å². The topological polar surface area (TPSA) is 72.8 Å². The number of hydrogen-bond acceptors (Lipinski definition) is 4. The average Bonchev–Trinajstić information content (AvgIpc) is 2.34. The van der Waals surface area contributed by atoms with Crippen molar-refractivity contribution in [2.75, 3.05) is 19.8 Å². The lowest BCUT2D eigenvalue weighted by molar-refractivity contribution is 0.122. The average molecular weight is 296 g/mol. The highest BCUT2D eigenvalue weighted by atomic mass is 32.3. The summed E-state index contributed by atoms with van der Waals surface area (Å²) in [5.74, 6) is 0. The maximum absolute atomic E-state index is 10.2. The number of unbranched alkanes of at least 4 members (excludes halogenated alkanes) is 7. The molecule has 0 unspecified atom stereocenters. The van der Waals surface area contributed by atoms with E-state index in [9.17, 15) is 8.42 Å². The Morgan fingerprint density at radius 2 is 1.26 bits per heavy atom. The molecule has 0 atom stereocenters. The van der Waals surface area contributed by atoms with Crippen LogP contribution in [-0.2, 0) is 19.3 Å². The van der Waals surface area contributed by atoms with Crippen LogP contribution in [0.25, 0.3) is 0 Å². The summed E-state index contributed by atoms with van der Waals surface area (Å²) in [6.07, 6.45) is 10.2. The standard InChI is InChI=1S/C13H28O5S/c1-2-3-4-5-6-7-8-11-17-12-9-10-13-18-19(14,15)16/h2-13H2,1H3,(H,14,15,16). The van der Waals surface area contributed by atoms with Crippen molar-refractivity contribution in [2.24, 2.45) is 0 Å². The van der Waals surface area contributed by atoms with Gasteiger partial charge in [-0.1, -0.05) is 45.4 Å². The summed E-state index contributed by atoms with van der Waals surface area (Å²) in [7, 11) is -4.28. The molecule has 0 saturated carbocycles. The van der Waals surface area contributed by atoms with Crippen molar-refractivity contribution in [1.29, 1.82) is 0 Å². The van der Waals surface area contributed by atoms with Crippen LogP contribution in [0.5, 0.6) is 0 Å². The summed E-state index contributed by atoms with van der Waals surface area (Å²) in [6, 6.07) is 0. The summed E-state index contributed by atoms with van der Waals surface area (Å²) in [6.45, 7) is 3.62. The molecule has 0 aromatic heterocycles. The van der Waals surface area contributed by atoms with Crippen LogP contribution in [0.2, 0.25) is 0 Å². The van der Waals surface area contributed by atoms with E-state index in [1.807, 2.05) is 0 Å². The van der Waals surface area contributed by atoms with E-state index >= 15 is 0 Å². The van der Waals surface area contributed by atoms with E-state index in [1.54, 1.807) is 0 Å². The van der Waals surface area contributed by atoms with Gasteiger partial charge in [0.15, 0.2) is 0 Å². The van der Waals surface area contributed by atoms with Crippen LogP contribution in [0.3, 0.4) is 0 Å². The number of rotatable bonds is 14. The van der Waals surface area contributed by atoms with E-state index in [1.165, 1.54) is 38.5 Å². The molecule has 1 N–H and O–H groups in total. The van der Waals surface area contributed by atoms with Crippen LogP contribution in [0.1, 0.15) is 64.7 Å². The first-order valence-corrected chi connectivity index (χ1v) is 8.62. The molecule has 6 heteroatoms. The van der Waals surface area contributed by atoms with Crippen LogP contribution in [0.4, 0.5) is 0 Å². The van der Waals surface area contributed by atoms with E-state index < -0.39 is 10.4 Å². The second-order valence-electron chi connectivity index (χ2n) is 4.69. The fourth-order valence-corrected chi connectivity index (χ4v) is 2.06. The van der Waals surface area contributed by atoms with Gasteiger partial charge in [0, 0.05) is 13.2 Å². The number of ether oxygens (including phenoxy) is 1. The Kier molecular flexibility index (Phi) is 12.7. The van der Waals surface area contributed by atoms with E-state index in [4.69, 9.17) is 9.29 Å². The SMILES string of the molecule is CCCCCCCCCOCCCCOS(=O)(=O)O. The highest BCUT2D eigenvalue weighted by molar-refractivity contribution is 7.80. The van der Waals surface area contributed by atoms with Gasteiger partial charge in [-0.15, -0.1) is 0 Å². The third-order valence-corrected chi connectivity index (χ3v) is 3.27. The van der Waals surface area contributed by atoms with Gasteiger partial charge in [0.1, 0.15) is 0 Å². The van der Waals surface area contributed by atoms with Gasteiger partial charge in [0.25, 0.3) is 0 Å². The zero-order valence-corrected chi connectivity index (χ0v) is 12.8. The van der Waals surface area contributed by atoms with Crippen molar-refractivity contribution in [2.45, 2.75) is 64.7 Å². The molecule has 0 aliphatic heterocycles. The van der Waals surface area contributed by atoms with Crippen molar-refractivity contribution in [1.82, 2.24) is 0 Å². The normalized spacial score (nSPS) is 11.9. The smallest absolute Gasteiger partial charge is 0.381 e. The van der Waals surface area contributed by atoms with Crippen LogP contribution in [-0.4, -0.2) is 32.8 Å². The predicted molar refractivity (Wildman–Crippen MR) is 75.5 cm³/mol. The van der Waals surface area contributed by atoms with Crippen molar-refractivity contribution in [3.63, 3.8) is 0 Å². The van der Waals surface area contributed by atoms with Crippen LogP contribution in [0, 0.1) is 0 Å². The first-order valence-electron chi connectivity index (χ1n) is 7.26. The molecule has 0 aliphatic rings. The lowest BCUT2D eigenvalue weighted by Crippen LogP contribution is -2.06. The quantitative estimate of drug-likeness (QED) is 0.393. The first kappa shape index (κ1) is 18.8. The van der Waals surface area contributed by atoms with Crippen molar-refractivity contribution in [3.05, 3.63) is 0 Å². The molecule has 19 heavy (non-hydrogen) atoms. The maximum Gasteiger partial charge on any atom is 0.397 e. The molecular formula is C13H28O5S.